The van der Waals surface area contributed by atoms with Crippen molar-refractivity contribution in [3.05, 3.63) is 29.8 Å². The molecule has 1 aromatic carbocycles. The molecule has 7 heteroatoms. The van der Waals surface area contributed by atoms with Gasteiger partial charge in [0.25, 0.3) is 5.91 Å². The van der Waals surface area contributed by atoms with Crippen LogP contribution in [0.1, 0.15) is 29.8 Å². The lowest BCUT2D eigenvalue weighted by molar-refractivity contribution is 0.0955. The smallest absolute Gasteiger partial charge is 0.321 e. The molecule has 22 heavy (non-hydrogen) atoms. The van der Waals surface area contributed by atoms with Crippen molar-refractivity contribution < 1.29 is 9.59 Å². The predicted molar refractivity (Wildman–Crippen MR) is 87.8 cm³/mol. The number of rotatable bonds is 3. The number of allylic oxidation sites excluding steroid dienone is 1. The number of nitrogen functional groups attached to an aromatic ring is 1. The molecule has 0 saturated carbocycles. The lowest BCUT2D eigenvalue weighted by atomic mass is 9.98. The quantitative estimate of drug-likeness (QED) is 0.743. The Balaban J connectivity index is 2.38. The van der Waals surface area contributed by atoms with Crippen molar-refractivity contribution in [2.45, 2.75) is 13.8 Å². The van der Waals surface area contributed by atoms with Crippen molar-refractivity contribution in [1.82, 2.24) is 10.3 Å². The summed E-state index contributed by atoms with van der Waals surface area (Å²) in [4.78, 5) is 25.8. The molecule has 1 heterocycles. The van der Waals surface area contributed by atoms with Crippen LogP contribution in [0.4, 0.5) is 16.2 Å². The number of benzene rings is 1. The van der Waals surface area contributed by atoms with Gasteiger partial charge in [-0.05, 0) is 31.6 Å². The first-order valence-electron chi connectivity index (χ1n) is 7.00. The first kappa shape index (κ1) is 15.6. The summed E-state index contributed by atoms with van der Waals surface area (Å²) in [6, 6.07) is 2.94. The van der Waals surface area contributed by atoms with Gasteiger partial charge in [0.2, 0.25) is 0 Å². The normalized spacial score (nSPS) is 13.2. The number of amides is 3. The van der Waals surface area contributed by atoms with Crippen LogP contribution in [-0.4, -0.2) is 36.1 Å². The van der Waals surface area contributed by atoms with Crippen molar-refractivity contribution in [3.8, 4) is 0 Å². The molecule has 0 fully saturated rings. The largest absolute Gasteiger partial charge is 0.398 e. The van der Waals surface area contributed by atoms with E-state index in [1.54, 1.807) is 17.0 Å². The van der Waals surface area contributed by atoms with E-state index in [0.717, 1.165) is 0 Å². The third kappa shape index (κ3) is 2.93. The summed E-state index contributed by atoms with van der Waals surface area (Å²) in [5, 5.41) is 6.51. The van der Waals surface area contributed by atoms with Crippen LogP contribution in [0.25, 0.3) is 5.57 Å². The first-order valence-corrected chi connectivity index (χ1v) is 7.00. The van der Waals surface area contributed by atoms with E-state index in [2.05, 4.69) is 22.4 Å². The fraction of sp³-hybridized carbons (Fsp3) is 0.267. The number of anilines is 2. The van der Waals surface area contributed by atoms with Gasteiger partial charge in [-0.3, -0.25) is 4.79 Å². The molecule has 116 valence electrons. The number of urea groups is 1. The van der Waals surface area contributed by atoms with Crippen LogP contribution in [0.2, 0.25) is 0 Å². The highest BCUT2D eigenvalue weighted by molar-refractivity contribution is 6.18. The van der Waals surface area contributed by atoms with E-state index in [0.29, 0.717) is 41.2 Å². The van der Waals surface area contributed by atoms with E-state index in [-0.39, 0.29) is 6.03 Å². The minimum Gasteiger partial charge on any atom is -0.398 e. The van der Waals surface area contributed by atoms with Crippen LogP contribution in [0.5, 0.6) is 0 Å². The predicted octanol–water partition coefficient (Wildman–Crippen LogP) is 1.88. The van der Waals surface area contributed by atoms with Crippen LogP contribution >= 0.6 is 0 Å². The highest BCUT2D eigenvalue weighted by Crippen LogP contribution is 2.29. The van der Waals surface area contributed by atoms with Gasteiger partial charge in [-0.25, -0.2) is 10.2 Å². The molecule has 3 amide bonds. The number of nitrogens with two attached hydrogens (primary N) is 1. The van der Waals surface area contributed by atoms with Gasteiger partial charge >= 0.3 is 6.03 Å². The molecule has 0 radical (unpaired) electrons. The lowest BCUT2D eigenvalue weighted by Crippen LogP contribution is -2.34. The number of carbonyl (C=O) groups is 2. The standard InChI is InChI=1S/C15H19N5O2/c1-4-20(5-2)15(22)18-10-6-11-13(12(16)7-10)9(3)8-17-19-14(11)21/h6-8H,3-5,16H2,1-2H3,(H,18,22)(H,19,21). The number of hydrogen-bond acceptors (Lipinski definition) is 4. The average Bonchev–Trinajstić information content (AvgIpc) is 2.60. The SMILES string of the molecule is C=C1C=NNC(=O)c2cc(NC(=O)N(CC)CC)cc(N)c21. The number of hydrazone groups is 1. The van der Waals surface area contributed by atoms with Crippen LogP contribution in [-0.2, 0) is 0 Å². The van der Waals surface area contributed by atoms with E-state index in [9.17, 15) is 9.59 Å². The second kappa shape index (κ2) is 6.30. The Labute approximate surface area is 128 Å². The maximum Gasteiger partial charge on any atom is 0.321 e. The lowest BCUT2D eigenvalue weighted by Gasteiger charge is -2.20. The molecule has 0 saturated heterocycles. The van der Waals surface area contributed by atoms with Crippen molar-refractivity contribution >= 4 is 35.1 Å². The molecule has 0 aromatic heterocycles. The third-order valence-electron chi connectivity index (χ3n) is 3.42. The van der Waals surface area contributed by atoms with Crippen molar-refractivity contribution in [1.29, 1.82) is 0 Å². The molecule has 0 aliphatic carbocycles. The summed E-state index contributed by atoms with van der Waals surface area (Å²) in [5.74, 6) is -0.393. The second-order valence-corrected chi connectivity index (χ2v) is 4.81. The van der Waals surface area contributed by atoms with Crippen LogP contribution in [0.15, 0.2) is 23.8 Å². The number of nitrogens with zero attached hydrogens (tertiary/aromatic N) is 2. The Kier molecular flexibility index (Phi) is 4.45. The summed E-state index contributed by atoms with van der Waals surface area (Å²) >= 11 is 0. The molecular formula is C15H19N5O2. The highest BCUT2D eigenvalue weighted by Gasteiger charge is 2.20. The number of fused-ring (bicyclic) bond motifs is 1. The molecule has 1 aliphatic rings. The Morgan fingerprint density at radius 2 is 2.09 bits per heavy atom. The third-order valence-corrected chi connectivity index (χ3v) is 3.42. The minimum absolute atomic E-state index is 0.242. The molecule has 0 spiro atoms. The molecule has 7 nitrogen and oxygen atoms in total. The molecule has 4 N–H and O–H groups in total. The van der Waals surface area contributed by atoms with E-state index in [1.165, 1.54) is 6.21 Å². The molecule has 1 aliphatic heterocycles. The Morgan fingerprint density at radius 1 is 1.41 bits per heavy atom. The first-order chi connectivity index (χ1) is 10.5. The zero-order chi connectivity index (χ0) is 16.3. The van der Waals surface area contributed by atoms with Gasteiger partial charge in [-0.1, -0.05) is 6.58 Å². The second-order valence-electron chi connectivity index (χ2n) is 4.81. The molecule has 2 rings (SSSR count). The zero-order valence-corrected chi connectivity index (χ0v) is 12.6. The topological polar surface area (TPSA) is 99.8 Å². The summed E-state index contributed by atoms with van der Waals surface area (Å²) in [5.41, 5.74) is 10.6. The minimum atomic E-state index is -0.393. The fourth-order valence-corrected chi connectivity index (χ4v) is 2.28. The van der Waals surface area contributed by atoms with Gasteiger partial charge < -0.3 is 16.0 Å². The Morgan fingerprint density at radius 3 is 2.73 bits per heavy atom. The number of carbonyl (C=O) groups excluding carboxylic acids is 2. The molecule has 0 atom stereocenters. The molecule has 0 bridgehead atoms. The number of nitrogens with one attached hydrogen (secondary N) is 2. The van der Waals surface area contributed by atoms with E-state index < -0.39 is 5.91 Å². The van der Waals surface area contributed by atoms with Crippen molar-refractivity contribution in [3.63, 3.8) is 0 Å². The van der Waals surface area contributed by atoms with Crippen LogP contribution in [0.3, 0.4) is 0 Å². The van der Waals surface area contributed by atoms with E-state index >= 15 is 0 Å². The molecular weight excluding hydrogens is 282 g/mol. The monoisotopic (exact) mass is 301 g/mol. The van der Waals surface area contributed by atoms with Gasteiger partial charge in [0.05, 0.1) is 11.8 Å². The van der Waals surface area contributed by atoms with Crippen LogP contribution in [0, 0.1) is 0 Å². The summed E-state index contributed by atoms with van der Waals surface area (Å²) in [6.45, 7) is 8.81. The Bertz CT molecular complexity index is 662. The van der Waals surface area contributed by atoms with E-state index in [1.807, 2.05) is 13.8 Å². The maximum atomic E-state index is 12.1. The van der Waals surface area contributed by atoms with Gasteiger partial charge in [0.1, 0.15) is 0 Å². The van der Waals surface area contributed by atoms with Crippen molar-refractivity contribution in [2.24, 2.45) is 5.10 Å². The molecule has 1 aromatic rings. The van der Waals surface area contributed by atoms with Gasteiger partial charge in [-0.15, -0.1) is 0 Å². The summed E-state index contributed by atoms with van der Waals surface area (Å²) in [6.07, 6.45) is 1.44. The fourth-order valence-electron chi connectivity index (χ4n) is 2.28. The van der Waals surface area contributed by atoms with Crippen molar-refractivity contribution in [2.75, 3.05) is 24.1 Å². The Hall–Kier alpha value is -2.83. The maximum absolute atomic E-state index is 12.1. The molecule has 0 unspecified atom stereocenters. The summed E-state index contributed by atoms with van der Waals surface area (Å²) in [7, 11) is 0. The summed E-state index contributed by atoms with van der Waals surface area (Å²) < 4.78 is 0. The van der Waals surface area contributed by atoms with Gasteiger partial charge in [0, 0.05) is 30.0 Å². The van der Waals surface area contributed by atoms with E-state index in [4.69, 9.17) is 5.73 Å². The number of hydrogen-bond donors (Lipinski definition) is 3. The highest BCUT2D eigenvalue weighted by atomic mass is 16.2. The average molecular weight is 301 g/mol. The van der Waals surface area contributed by atoms with Gasteiger partial charge in [0.15, 0.2) is 0 Å². The van der Waals surface area contributed by atoms with Gasteiger partial charge in [-0.2, -0.15) is 5.10 Å². The van der Waals surface area contributed by atoms with Crippen LogP contribution < -0.4 is 16.5 Å². The zero-order valence-electron chi connectivity index (χ0n) is 12.6.